The normalized spacial score (nSPS) is 19.2. The molecule has 1 fully saturated rings. The number of benzene rings is 1. The van der Waals surface area contributed by atoms with E-state index in [1.807, 2.05) is 36.4 Å². The van der Waals surface area contributed by atoms with E-state index in [1.165, 1.54) is 6.08 Å². The number of aliphatic hydroxyl groups is 1. The molecule has 88 valence electrons. The second-order valence-electron chi connectivity index (χ2n) is 4.38. The molecule has 0 unspecified atom stereocenters. The van der Waals surface area contributed by atoms with Crippen LogP contribution in [0.4, 0.5) is 0 Å². The van der Waals surface area contributed by atoms with Gasteiger partial charge in [0.1, 0.15) is 0 Å². The maximum absolute atomic E-state index is 10.6. The Morgan fingerprint density at radius 2 is 1.88 bits per heavy atom. The predicted octanol–water partition coefficient (Wildman–Crippen LogP) is 2.01. The largest absolute Gasteiger partial charge is 0.385 e. The maximum atomic E-state index is 10.6. The van der Waals surface area contributed by atoms with Gasteiger partial charge in [-0.25, -0.2) is 0 Å². The minimum Gasteiger partial charge on any atom is -0.385 e. The molecule has 0 atom stereocenters. The molecule has 0 aromatic heterocycles. The first-order chi connectivity index (χ1) is 8.24. The van der Waals surface area contributed by atoms with E-state index < -0.39 is 5.60 Å². The van der Waals surface area contributed by atoms with Crippen LogP contribution in [0.2, 0.25) is 0 Å². The van der Waals surface area contributed by atoms with Gasteiger partial charge in [0.15, 0.2) is 0 Å². The van der Waals surface area contributed by atoms with Crippen molar-refractivity contribution in [3.05, 3.63) is 48.2 Å². The molecule has 1 aliphatic heterocycles. The Kier molecular flexibility index (Phi) is 3.46. The molecule has 0 spiro atoms. The first-order valence-corrected chi connectivity index (χ1v) is 5.83. The Bertz CT molecular complexity index is 425. The zero-order valence-electron chi connectivity index (χ0n) is 9.71. The third-order valence-electron chi connectivity index (χ3n) is 3.30. The molecule has 1 aromatic rings. The zero-order chi connectivity index (χ0) is 12.1. The van der Waals surface area contributed by atoms with Gasteiger partial charge in [0.05, 0.1) is 11.7 Å². The number of hydrogen-bond acceptors (Lipinski definition) is 3. The molecule has 0 bridgehead atoms. The molecule has 0 saturated carbocycles. The molecule has 3 heteroatoms. The summed E-state index contributed by atoms with van der Waals surface area (Å²) in [7, 11) is 0. The van der Waals surface area contributed by atoms with E-state index in [0.29, 0.717) is 12.8 Å². The van der Waals surface area contributed by atoms with E-state index in [1.54, 1.807) is 6.20 Å². The predicted molar refractivity (Wildman–Crippen MR) is 65.9 cm³/mol. The Hall–Kier alpha value is -1.79. The van der Waals surface area contributed by atoms with Crippen molar-refractivity contribution in [2.24, 2.45) is 0 Å². The summed E-state index contributed by atoms with van der Waals surface area (Å²) >= 11 is 0. The van der Waals surface area contributed by atoms with Crippen LogP contribution < -0.4 is 0 Å². The highest BCUT2D eigenvalue weighted by atomic mass is 16.3. The quantitative estimate of drug-likeness (QED) is 0.788. The number of likely N-dealkylation sites (tertiary alicyclic amines) is 1. The molecule has 0 aliphatic carbocycles. The lowest BCUT2D eigenvalue weighted by Gasteiger charge is -2.38. The maximum Gasteiger partial charge on any atom is 0.0930 e. The molecule has 3 nitrogen and oxygen atoms in total. The highest BCUT2D eigenvalue weighted by Crippen LogP contribution is 2.32. The number of rotatable bonds is 2. The van der Waals surface area contributed by atoms with E-state index in [4.69, 9.17) is 5.26 Å². The Morgan fingerprint density at radius 3 is 2.47 bits per heavy atom. The zero-order valence-corrected chi connectivity index (χ0v) is 9.71. The van der Waals surface area contributed by atoms with Crippen molar-refractivity contribution in [1.29, 1.82) is 5.26 Å². The van der Waals surface area contributed by atoms with Gasteiger partial charge in [0.25, 0.3) is 0 Å². The number of nitrogens with zero attached hydrogens (tertiary/aromatic N) is 2. The molecule has 1 aromatic carbocycles. The molecule has 1 aliphatic rings. The molecule has 0 radical (unpaired) electrons. The third-order valence-corrected chi connectivity index (χ3v) is 3.30. The Balaban J connectivity index is 2.03. The topological polar surface area (TPSA) is 47.3 Å². The van der Waals surface area contributed by atoms with Gasteiger partial charge >= 0.3 is 0 Å². The standard InChI is InChI=1S/C14H16N2O/c15-9-4-10-16-11-7-14(17,8-12-16)13-5-2-1-3-6-13/h1-6,10,17H,7-8,11-12H2/b10-4+. The number of piperidine rings is 1. The van der Waals surface area contributed by atoms with Gasteiger partial charge < -0.3 is 10.0 Å². The summed E-state index contributed by atoms with van der Waals surface area (Å²) in [5.41, 5.74) is 0.280. The van der Waals surface area contributed by atoms with Crippen molar-refractivity contribution in [2.75, 3.05) is 13.1 Å². The second kappa shape index (κ2) is 5.03. The van der Waals surface area contributed by atoms with Crippen LogP contribution in [0.15, 0.2) is 42.6 Å². The van der Waals surface area contributed by atoms with Gasteiger partial charge in [0.2, 0.25) is 0 Å². The average Bonchev–Trinajstić information content (AvgIpc) is 2.39. The fraction of sp³-hybridized carbons (Fsp3) is 0.357. The van der Waals surface area contributed by atoms with Crippen molar-refractivity contribution in [1.82, 2.24) is 4.90 Å². The van der Waals surface area contributed by atoms with Gasteiger partial charge in [0, 0.05) is 25.4 Å². The van der Waals surface area contributed by atoms with Gasteiger partial charge in [-0.15, -0.1) is 0 Å². The summed E-state index contributed by atoms with van der Waals surface area (Å²) in [6, 6.07) is 11.8. The van der Waals surface area contributed by atoms with E-state index in [9.17, 15) is 5.11 Å². The summed E-state index contributed by atoms with van der Waals surface area (Å²) in [5.74, 6) is 0. The fourth-order valence-corrected chi connectivity index (χ4v) is 2.22. The molecule has 1 saturated heterocycles. The van der Waals surface area contributed by atoms with E-state index in [2.05, 4.69) is 4.90 Å². The van der Waals surface area contributed by atoms with Crippen molar-refractivity contribution in [3.63, 3.8) is 0 Å². The lowest BCUT2D eigenvalue weighted by molar-refractivity contribution is -0.0161. The minimum absolute atomic E-state index is 0.701. The fourth-order valence-electron chi connectivity index (χ4n) is 2.22. The molecule has 17 heavy (non-hydrogen) atoms. The number of hydrogen-bond donors (Lipinski definition) is 1. The van der Waals surface area contributed by atoms with Crippen LogP contribution in [0.25, 0.3) is 0 Å². The summed E-state index contributed by atoms with van der Waals surface area (Å²) in [5, 5.41) is 19.0. The molecular weight excluding hydrogens is 212 g/mol. The molecular formula is C14H16N2O. The van der Waals surface area contributed by atoms with Crippen LogP contribution in [0.5, 0.6) is 0 Å². The minimum atomic E-state index is -0.710. The SMILES string of the molecule is N#C/C=C/N1CCC(O)(c2ccccc2)CC1. The highest BCUT2D eigenvalue weighted by molar-refractivity contribution is 5.23. The number of allylic oxidation sites excluding steroid dienone is 1. The van der Waals surface area contributed by atoms with Crippen LogP contribution in [0, 0.1) is 11.3 Å². The first kappa shape index (κ1) is 11.7. The van der Waals surface area contributed by atoms with Gasteiger partial charge in [-0.3, -0.25) is 0 Å². The first-order valence-electron chi connectivity index (χ1n) is 5.83. The number of nitriles is 1. The van der Waals surface area contributed by atoms with Crippen LogP contribution in [-0.4, -0.2) is 23.1 Å². The summed E-state index contributed by atoms with van der Waals surface area (Å²) in [6.45, 7) is 1.56. The molecule has 1 N–H and O–H groups in total. The molecule has 2 rings (SSSR count). The van der Waals surface area contributed by atoms with E-state index in [-0.39, 0.29) is 0 Å². The van der Waals surface area contributed by atoms with Crippen LogP contribution in [-0.2, 0) is 5.60 Å². The Labute approximate surface area is 102 Å². The van der Waals surface area contributed by atoms with Crippen LogP contribution in [0.1, 0.15) is 18.4 Å². The van der Waals surface area contributed by atoms with Crippen molar-refractivity contribution < 1.29 is 5.11 Å². The lowest BCUT2D eigenvalue weighted by Crippen LogP contribution is -2.40. The summed E-state index contributed by atoms with van der Waals surface area (Å²) in [6.07, 6.45) is 4.68. The van der Waals surface area contributed by atoms with Crippen LogP contribution >= 0.6 is 0 Å². The van der Waals surface area contributed by atoms with Crippen molar-refractivity contribution in [2.45, 2.75) is 18.4 Å². The smallest absolute Gasteiger partial charge is 0.0930 e. The average molecular weight is 228 g/mol. The summed E-state index contributed by atoms with van der Waals surface area (Å²) in [4.78, 5) is 2.07. The Morgan fingerprint density at radius 1 is 1.24 bits per heavy atom. The van der Waals surface area contributed by atoms with Crippen LogP contribution in [0.3, 0.4) is 0 Å². The summed E-state index contributed by atoms with van der Waals surface area (Å²) < 4.78 is 0. The van der Waals surface area contributed by atoms with Crippen molar-refractivity contribution >= 4 is 0 Å². The molecule has 1 heterocycles. The third kappa shape index (κ3) is 2.66. The molecule has 0 amide bonds. The van der Waals surface area contributed by atoms with E-state index >= 15 is 0 Å². The van der Waals surface area contributed by atoms with Gasteiger partial charge in [-0.2, -0.15) is 5.26 Å². The van der Waals surface area contributed by atoms with Crippen molar-refractivity contribution in [3.8, 4) is 6.07 Å². The second-order valence-corrected chi connectivity index (χ2v) is 4.38. The highest BCUT2D eigenvalue weighted by Gasteiger charge is 2.32. The van der Waals surface area contributed by atoms with Gasteiger partial charge in [-0.05, 0) is 18.4 Å². The monoisotopic (exact) mass is 228 g/mol. The lowest BCUT2D eigenvalue weighted by atomic mass is 9.84. The van der Waals surface area contributed by atoms with E-state index in [0.717, 1.165) is 18.7 Å². The van der Waals surface area contributed by atoms with Gasteiger partial charge in [-0.1, -0.05) is 30.3 Å².